The van der Waals surface area contributed by atoms with Gasteiger partial charge >= 0.3 is 0 Å². The molecule has 0 aliphatic carbocycles. The molecule has 0 N–H and O–H groups in total. The van der Waals surface area contributed by atoms with Gasteiger partial charge in [-0.2, -0.15) is 0 Å². The summed E-state index contributed by atoms with van der Waals surface area (Å²) >= 11 is 4.10. The maximum atomic E-state index is 2.31. The molecule has 132 valence electrons. The van der Waals surface area contributed by atoms with Crippen LogP contribution in [0.5, 0.6) is 0 Å². The molecule has 27 heavy (non-hydrogen) atoms. The van der Waals surface area contributed by atoms with Gasteiger partial charge in [0.15, 0.2) is 0 Å². The van der Waals surface area contributed by atoms with Crippen LogP contribution in [0.4, 0.5) is 0 Å². The van der Waals surface area contributed by atoms with Gasteiger partial charge in [-0.25, -0.2) is 0 Å². The van der Waals surface area contributed by atoms with Gasteiger partial charge < -0.3 is 0 Å². The Morgan fingerprint density at radius 3 is 1.37 bits per heavy atom. The Balaban J connectivity index is 1.89. The van der Waals surface area contributed by atoms with E-state index in [1.807, 2.05) is 0 Å². The molecule has 1 aliphatic rings. The Labute approximate surface area is 170 Å². The van der Waals surface area contributed by atoms with E-state index in [0.29, 0.717) is 0 Å². The van der Waals surface area contributed by atoms with E-state index >= 15 is 0 Å². The molecule has 1 aliphatic heterocycles. The zero-order chi connectivity index (χ0) is 18.1. The second-order valence-corrected chi connectivity index (χ2v) is 10.7. The molecule has 0 nitrogen and oxygen atoms in total. The number of benzene rings is 3. The van der Waals surface area contributed by atoms with E-state index in [1.54, 1.807) is 10.6 Å². The Morgan fingerprint density at radius 1 is 0.519 bits per heavy atom. The molecule has 2 heterocycles. The molecule has 0 fully saturated rings. The van der Waals surface area contributed by atoms with Crippen molar-refractivity contribution in [3.63, 3.8) is 0 Å². The molecule has 0 unspecified atom stereocenters. The standard InChI is InChI=1S/C24H19PS2/c1-4-10-18(11-5-1)21-23-24(27-17-16-26-23)22(19-12-6-2-7-13-19)25(21)20-14-8-3-9-15-20/h1-15H,16-17H2. The van der Waals surface area contributed by atoms with Gasteiger partial charge in [-0.15, -0.1) is 23.5 Å². The molecular formula is C24H19PS2. The van der Waals surface area contributed by atoms with Crippen LogP contribution in [0.25, 0.3) is 27.0 Å². The van der Waals surface area contributed by atoms with Crippen molar-refractivity contribution in [1.29, 1.82) is 0 Å². The maximum absolute atomic E-state index is 2.31. The first kappa shape index (κ1) is 17.3. The average molecular weight is 403 g/mol. The molecule has 0 spiro atoms. The van der Waals surface area contributed by atoms with Gasteiger partial charge in [0.2, 0.25) is 0 Å². The SMILES string of the molecule is c1ccc(-c2c3c(c(-c4ccccc4)p2-c2ccccc2)SCCS3)cc1. The van der Waals surface area contributed by atoms with Crippen molar-refractivity contribution in [2.75, 3.05) is 11.5 Å². The number of rotatable bonds is 3. The lowest BCUT2D eigenvalue weighted by Gasteiger charge is -2.14. The fourth-order valence-electron chi connectivity index (χ4n) is 3.63. The zero-order valence-electron chi connectivity index (χ0n) is 14.8. The molecule has 5 rings (SSSR count). The number of hydrogen-bond acceptors (Lipinski definition) is 2. The molecule has 0 radical (unpaired) electrons. The highest BCUT2D eigenvalue weighted by Gasteiger charge is 2.28. The normalized spacial score (nSPS) is 13.3. The summed E-state index contributed by atoms with van der Waals surface area (Å²) in [6.45, 7) is 0. The fraction of sp³-hybridized carbons (Fsp3) is 0.0833. The van der Waals surface area contributed by atoms with E-state index in [-0.39, 0.29) is 0 Å². The van der Waals surface area contributed by atoms with Gasteiger partial charge in [0.1, 0.15) is 0 Å². The molecule has 3 aromatic carbocycles. The molecule has 0 saturated heterocycles. The maximum Gasteiger partial charge on any atom is 0.0340 e. The lowest BCUT2D eigenvalue weighted by Crippen LogP contribution is -1.92. The van der Waals surface area contributed by atoms with Crippen LogP contribution in [0.2, 0.25) is 0 Å². The predicted octanol–water partition coefficient (Wildman–Crippen LogP) is 8.19. The quantitative estimate of drug-likeness (QED) is 0.339. The summed E-state index contributed by atoms with van der Waals surface area (Å²) < 4.78 is 0. The number of thioether (sulfide) groups is 2. The van der Waals surface area contributed by atoms with Crippen LogP contribution in [-0.2, 0) is 0 Å². The first-order valence-electron chi connectivity index (χ1n) is 9.14. The molecule has 0 amide bonds. The van der Waals surface area contributed by atoms with E-state index in [9.17, 15) is 0 Å². The van der Waals surface area contributed by atoms with E-state index in [0.717, 1.165) is 0 Å². The third kappa shape index (κ3) is 3.17. The van der Waals surface area contributed by atoms with Crippen LogP contribution < -0.4 is 0 Å². The lowest BCUT2D eigenvalue weighted by atomic mass is 10.1. The van der Waals surface area contributed by atoms with E-state index in [1.165, 1.54) is 37.7 Å². The van der Waals surface area contributed by atoms with Gasteiger partial charge in [-0.1, -0.05) is 98.5 Å². The largest absolute Gasteiger partial charge is 0.123 e. The van der Waals surface area contributed by atoms with Crippen molar-refractivity contribution in [2.45, 2.75) is 9.79 Å². The number of fused-ring (bicyclic) bond motifs is 1. The summed E-state index contributed by atoms with van der Waals surface area (Å²) in [5.41, 5.74) is 2.75. The van der Waals surface area contributed by atoms with Crippen LogP contribution >= 0.6 is 31.1 Å². The van der Waals surface area contributed by atoms with Crippen LogP contribution in [0.1, 0.15) is 0 Å². The third-order valence-corrected chi connectivity index (χ3v) is 10.3. The second-order valence-electron chi connectivity index (χ2n) is 6.46. The van der Waals surface area contributed by atoms with Gasteiger partial charge in [0.05, 0.1) is 0 Å². The Kier molecular flexibility index (Phi) is 4.88. The van der Waals surface area contributed by atoms with E-state index in [2.05, 4.69) is 115 Å². The summed E-state index contributed by atoms with van der Waals surface area (Å²) in [4.78, 5) is 3.04. The van der Waals surface area contributed by atoms with Crippen LogP contribution in [0.15, 0.2) is 101 Å². The van der Waals surface area contributed by atoms with E-state index < -0.39 is 7.53 Å². The molecule has 0 bridgehead atoms. The second kappa shape index (κ2) is 7.64. The molecule has 4 aromatic rings. The minimum Gasteiger partial charge on any atom is -0.123 e. The highest BCUT2D eigenvalue weighted by atomic mass is 32.2. The van der Waals surface area contributed by atoms with Gasteiger partial charge in [-0.05, 0) is 16.4 Å². The first-order chi connectivity index (χ1) is 13.4. The van der Waals surface area contributed by atoms with Crippen molar-refractivity contribution in [3.05, 3.63) is 91.0 Å². The fourth-order valence-corrected chi connectivity index (χ4v) is 9.78. The van der Waals surface area contributed by atoms with Gasteiger partial charge in [0.25, 0.3) is 0 Å². The third-order valence-electron chi connectivity index (χ3n) is 4.77. The monoisotopic (exact) mass is 402 g/mol. The van der Waals surface area contributed by atoms with Crippen molar-refractivity contribution in [1.82, 2.24) is 0 Å². The van der Waals surface area contributed by atoms with Crippen molar-refractivity contribution >= 4 is 31.1 Å². The smallest absolute Gasteiger partial charge is 0.0340 e. The molecule has 0 saturated carbocycles. The summed E-state index contributed by atoms with van der Waals surface area (Å²) in [7, 11) is -0.552. The Morgan fingerprint density at radius 2 is 0.926 bits per heavy atom. The Bertz CT molecular complexity index is 987. The molecule has 1 aromatic heterocycles. The summed E-state index contributed by atoms with van der Waals surface area (Å²) in [6, 6.07) is 33.1. The summed E-state index contributed by atoms with van der Waals surface area (Å²) in [6.07, 6.45) is 0. The van der Waals surface area contributed by atoms with Gasteiger partial charge in [0, 0.05) is 31.9 Å². The van der Waals surface area contributed by atoms with Crippen LogP contribution in [0.3, 0.4) is 0 Å². The van der Waals surface area contributed by atoms with Crippen LogP contribution in [0, 0.1) is 0 Å². The molecular weight excluding hydrogens is 383 g/mol. The highest BCUT2D eigenvalue weighted by molar-refractivity contribution is 8.06. The highest BCUT2D eigenvalue weighted by Crippen LogP contribution is 2.66. The lowest BCUT2D eigenvalue weighted by molar-refractivity contribution is 1.29. The topological polar surface area (TPSA) is 0 Å². The Hall–Kier alpha value is -1.86. The number of hydrogen-bond donors (Lipinski definition) is 0. The average Bonchev–Trinajstić information content (AvgIpc) is 3.11. The van der Waals surface area contributed by atoms with E-state index in [4.69, 9.17) is 0 Å². The van der Waals surface area contributed by atoms with Crippen molar-refractivity contribution in [2.24, 2.45) is 0 Å². The van der Waals surface area contributed by atoms with Crippen LogP contribution in [-0.4, -0.2) is 11.5 Å². The molecule has 0 atom stereocenters. The minimum atomic E-state index is -0.552. The first-order valence-corrected chi connectivity index (χ1v) is 12.5. The minimum absolute atomic E-state index is 0.552. The zero-order valence-corrected chi connectivity index (χ0v) is 17.4. The van der Waals surface area contributed by atoms with Crippen molar-refractivity contribution < 1.29 is 0 Å². The van der Waals surface area contributed by atoms with Crippen molar-refractivity contribution in [3.8, 4) is 27.0 Å². The summed E-state index contributed by atoms with van der Waals surface area (Å²) in [5.74, 6) is 2.39. The summed E-state index contributed by atoms with van der Waals surface area (Å²) in [5, 5.41) is 4.53. The predicted molar refractivity (Wildman–Crippen MR) is 123 cm³/mol. The molecule has 3 heteroatoms. The van der Waals surface area contributed by atoms with Gasteiger partial charge in [-0.3, -0.25) is 0 Å².